The zero-order valence-electron chi connectivity index (χ0n) is 16.1. The summed E-state index contributed by atoms with van der Waals surface area (Å²) in [6.45, 7) is 4.11. The summed E-state index contributed by atoms with van der Waals surface area (Å²) in [5.41, 5.74) is 6.77. The van der Waals surface area contributed by atoms with E-state index in [0.717, 1.165) is 33.3 Å². The lowest BCUT2D eigenvalue weighted by atomic mass is 9.99. The van der Waals surface area contributed by atoms with Crippen LogP contribution in [0.3, 0.4) is 0 Å². The third-order valence-electron chi connectivity index (χ3n) is 5.16. The highest BCUT2D eigenvalue weighted by atomic mass is 16.2. The van der Waals surface area contributed by atoms with Gasteiger partial charge in [0.05, 0.1) is 22.3 Å². The van der Waals surface area contributed by atoms with Crippen molar-refractivity contribution < 1.29 is 4.79 Å². The number of benzene rings is 3. The molecule has 0 amide bonds. The molecule has 0 unspecified atom stereocenters. The molecule has 0 saturated carbocycles. The molecule has 0 aliphatic rings. The SMILES string of the molecule is Cc1ccc(C)c(-c2cc(C(=O)n3nnc4ccccc43)c3ccccc3n2)c1. The Bertz CT molecular complexity index is 1400. The van der Waals surface area contributed by atoms with Crippen molar-refractivity contribution in [2.24, 2.45) is 0 Å². The van der Waals surface area contributed by atoms with E-state index >= 15 is 0 Å². The number of fused-ring (bicyclic) bond motifs is 2. The number of nitrogens with zero attached hydrogens (tertiary/aromatic N) is 4. The predicted molar refractivity (Wildman–Crippen MR) is 114 cm³/mol. The van der Waals surface area contributed by atoms with Crippen LogP contribution in [0.1, 0.15) is 21.5 Å². The lowest BCUT2D eigenvalue weighted by Gasteiger charge is -2.11. The van der Waals surface area contributed by atoms with Crippen LogP contribution in [0.15, 0.2) is 72.8 Å². The standard InChI is InChI=1S/C24H18N4O/c1-15-11-12-16(2)18(13-15)22-14-19(17-7-3-4-8-20(17)25-22)24(29)28-23-10-6-5-9-21(23)26-27-28/h3-14H,1-2H3. The van der Waals surface area contributed by atoms with Gasteiger partial charge in [0.25, 0.3) is 5.91 Å². The van der Waals surface area contributed by atoms with Crippen molar-refractivity contribution in [1.29, 1.82) is 0 Å². The van der Waals surface area contributed by atoms with E-state index < -0.39 is 0 Å². The molecular formula is C24H18N4O. The van der Waals surface area contributed by atoms with E-state index in [4.69, 9.17) is 4.98 Å². The normalized spacial score (nSPS) is 11.2. The monoisotopic (exact) mass is 378 g/mol. The highest BCUT2D eigenvalue weighted by molar-refractivity contribution is 6.10. The van der Waals surface area contributed by atoms with Crippen molar-refractivity contribution in [3.05, 3.63) is 89.5 Å². The third kappa shape index (κ3) is 2.88. The summed E-state index contributed by atoms with van der Waals surface area (Å²) >= 11 is 0. The molecule has 5 rings (SSSR count). The van der Waals surface area contributed by atoms with Gasteiger partial charge in [-0.1, -0.05) is 53.2 Å². The van der Waals surface area contributed by atoms with E-state index in [-0.39, 0.29) is 5.91 Å². The zero-order valence-corrected chi connectivity index (χ0v) is 16.1. The van der Waals surface area contributed by atoms with Gasteiger partial charge in [0, 0.05) is 10.9 Å². The average molecular weight is 378 g/mol. The molecule has 0 radical (unpaired) electrons. The smallest absolute Gasteiger partial charge is 0.267 e. The van der Waals surface area contributed by atoms with Gasteiger partial charge in [-0.3, -0.25) is 4.79 Å². The van der Waals surface area contributed by atoms with Crippen LogP contribution in [0.5, 0.6) is 0 Å². The first-order valence-corrected chi connectivity index (χ1v) is 9.44. The minimum Gasteiger partial charge on any atom is -0.267 e. The van der Waals surface area contributed by atoms with Gasteiger partial charge in [-0.15, -0.1) is 5.10 Å². The number of hydrogen-bond donors (Lipinski definition) is 0. The van der Waals surface area contributed by atoms with Crippen molar-refractivity contribution in [3.63, 3.8) is 0 Å². The van der Waals surface area contributed by atoms with Gasteiger partial charge < -0.3 is 0 Å². The molecule has 0 saturated heterocycles. The van der Waals surface area contributed by atoms with Gasteiger partial charge in [-0.25, -0.2) is 4.98 Å². The predicted octanol–water partition coefficient (Wildman–Crippen LogP) is 4.95. The van der Waals surface area contributed by atoms with Gasteiger partial charge in [0.15, 0.2) is 0 Å². The molecule has 29 heavy (non-hydrogen) atoms. The second-order valence-corrected chi connectivity index (χ2v) is 7.19. The first-order valence-electron chi connectivity index (χ1n) is 9.44. The van der Waals surface area contributed by atoms with E-state index in [2.05, 4.69) is 42.4 Å². The van der Waals surface area contributed by atoms with E-state index in [0.29, 0.717) is 16.6 Å². The Balaban J connectivity index is 1.76. The van der Waals surface area contributed by atoms with Gasteiger partial charge >= 0.3 is 0 Å². The quantitative estimate of drug-likeness (QED) is 0.436. The zero-order chi connectivity index (χ0) is 20.0. The molecule has 0 fully saturated rings. The third-order valence-corrected chi connectivity index (χ3v) is 5.16. The minimum atomic E-state index is -0.219. The van der Waals surface area contributed by atoms with Crippen LogP contribution < -0.4 is 0 Å². The summed E-state index contributed by atoms with van der Waals surface area (Å²) in [7, 11) is 0. The maximum Gasteiger partial charge on any atom is 0.280 e. The van der Waals surface area contributed by atoms with Crippen LogP contribution in [-0.2, 0) is 0 Å². The molecule has 5 nitrogen and oxygen atoms in total. The van der Waals surface area contributed by atoms with Crippen LogP contribution >= 0.6 is 0 Å². The highest BCUT2D eigenvalue weighted by Crippen LogP contribution is 2.28. The van der Waals surface area contributed by atoms with Gasteiger partial charge in [-0.05, 0) is 49.7 Å². The summed E-state index contributed by atoms with van der Waals surface area (Å²) in [6, 6.07) is 23.3. The maximum absolute atomic E-state index is 13.5. The van der Waals surface area contributed by atoms with Crippen LogP contribution in [0.4, 0.5) is 0 Å². The number of rotatable bonds is 2. The van der Waals surface area contributed by atoms with Crippen LogP contribution in [0.2, 0.25) is 0 Å². The Morgan fingerprint density at radius 2 is 1.62 bits per heavy atom. The van der Waals surface area contributed by atoms with Crippen LogP contribution in [-0.4, -0.2) is 25.9 Å². The summed E-state index contributed by atoms with van der Waals surface area (Å²) in [5.74, 6) is -0.219. The number of aryl methyl sites for hydroxylation is 2. The van der Waals surface area contributed by atoms with Crippen molar-refractivity contribution >= 4 is 27.8 Å². The Morgan fingerprint density at radius 1 is 0.862 bits per heavy atom. The number of para-hydroxylation sites is 2. The second-order valence-electron chi connectivity index (χ2n) is 7.19. The van der Waals surface area contributed by atoms with E-state index in [1.54, 1.807) is 0 Å². The van der Waals surface area contributed by atoms with Crippen LogP contribution in [0, 0.1) is 13.8 Å². The topological polar surface area (TPSA) is 60.7 Å². The molecule has 0 spiro atoms. The second kappa shape index (κ2) is 6.63. The number of hydrogen-bond acceptors (Lipinski definition) is 4. The summed E-state index contributed by atoms with van der Waals surface area (Å²) in [6.07, 6.45) is 0. The maximum atomic E-state index is 13.5. The highest BCUT2D eigenvalue weighted by Gasteiger charge is 2.19. The summed E-state index contributed by atoms with van der Waals surface area (Å²) in [4.78, 5) is 18.3. The Morgan fingerprint density at radius 3 is 2.48 bits per heavy atom. The minimum absolute atomic E-state index is 0.219. The molecular weight excluding hydrogens is 360 g/mol. The lowest BCUT2D eigenvalue weighted by molar-refractivity contribution is 0.0949. The number of aromatic nitrogens is 4. The molecule has 2 aromatic heterocycles. The molecule has 0 N–H and O–H groups in total. The summed E-state index contributed by atoms with van der Waals surface area (Å²) in [5, 5.41) is 9.03. The van der Waals surface area contributed by atoms with Gasteiger partial charge in [0.2, 0.25) is 0 Å². The van der Waals surface area contributed by atoms with E-state index in [9.17, 15) is 4.79 Å². The molecule has 3 aromatic carbocycles. The average Bonchev–Trinajstić information content (AvgIpc) is 3.18. The largest absolute Gasteiger partial charge is 0.280 e. The molecule has 0 bridgehead atoms. The number of pyridine rings is 1. The Hall–Kier alpha value is -3.86. The van der Waals surface area contributed by atoms with E-state index in [1.807, 2.05) is 54.6 Å². The Labute approximate surface area is 167 Å². The van der Waals surface area contributed by atoms with Crippen LogP contribution in [0.25, 0.3) is 33.2 Å². The molecule has 0 aliphatic carbocycles. The van der Waals surface area contributed by atoms with Crippen molar-refractivity contribution in [1.82, 2.24) is 20.0 Å². The fourth-order valence-electron chi connectivity index (χ4n) is 3.64. The number of carbonyl (C=O) groups is 1. The van der Waals surface area contributed by atoms with Gasteiger partial charge in [-0.2, -0.15) is 4.68 Å². The fraction of sp³-hybridized carbons (Fsp3) is 0.0833. The lowest BCUT2D eigenvalue weighted by Crippen LogP contribution is -2.15. The summed E-state index contributed by atoms with van der Waals surface area (Å²) < 4.78 is 1.37. The van der Waals surface area contributed by atoms with Crippen molar-refractivity contribution in [2.75, 3.05) is 0 Å². The van der Waals surface area contributed by atoms with Crippen molar-refractivity contribution in [2.45, 2.75) is 13.8 Å². The van der Waals surface area contributed by atoms with E-state index in [1.165, 1.54) is 4.68 Å². The van der Waals surface area contributed by atoms with Gasteiger partial charge in [0.1, 0.15) is 5.52 Å². The van der Waals surface area contributed by atoms with Crippen molar-refractivity contribution in [3.8, 4) is 11.3 Å². The molecule has 5 heteroatoms. The first kappa shape index (κ1) is 17.3. The fourth-order valence-corrected chi connectivity index (χ4v) is 3.64. The number of carbonyl (C=O) groups excluding carboxylic acids is 1. The Kier molecular flexibility index (Phi) is 3.95. The molecule has 0 aliphatic heterocycles. The molecule has 140 valence electrons. The molecule has 2 heterocycles. The molecule has 0 atom stereocenters. The molecule has 5 aromatic rings. The first-order chi connectivity index (χ1) is 14.1.